The topological polar surface area (TPSA) is 188 Å². The quantitative estimate of drug-likeness (QED) is 0.154. The predicted octanol–water partition coefficient (Wildman–Crippen LogP) is 1.19. The van der Waals surface area contributed by atoms with Crippen molar-refractivity contribution in [1.29, 1.82) is 0 Å². The highest BCUT2D eigenvalue weighted by Crippen LogP contribution is 2.22. The van der Waals surface area contributed by atoms with Gasteiger partial charge in [-0.05, 0) is 29.3 Å². The van der Waals surface area contributed by atoms with Crippen molar-refractivity contribution >= 4 is 17.9 Å². The zero-order chi connectivity index (χ0) is 26.0. The van der Waals surface area contributed by atoms with Gasteiger partial charge in [0.05, 0.1) is 19.5 Å². The Morgan fingerprint density at radius 3 is 1.60 bits per heavy atom. The summed E-state index contributed by atoms with van der Waals surface area (Å²) in [4.78, 5) is 40.9. The monoisotopic (exact) mass is 492 g/mol. The first-order valence-corrected chi connectivity index (χ1v) is 10.5. The van der Waals surface area contributed by atoms with Crippen molar-refractivity contribution in [2.24, 2.45) is 0 Å². The number of nitrogens with zero attached hydrogens (tertiary/aromatic N) is 2. The Morgan fingerprint density at radius 1 is 0.714 bits per heavy atom. The van der Waals surface area contributed by atoms with Crippen LogP contribution in [0.2, 0.25) is 0 Å². The van der Waals surface area contributed by atoms with Crippen LogP contribution in [0.25, 0.3) is 0 Å². The molecule has 190 valence electrons. The minimum absolute atomic E-state index is 0.0128. The number of aromatic hydroxyl groups is 2. The molecule has 2 rings (SSSR count). The number of rotatable bonds is 15. The Labute approximate surface area is 200 Å². The van der Waals surface area contributed by atoms with Crippen LogP contribution >= 0.6 is 0 Å². The average Bonchev–Trinajstić information content (AvgIpc) is 2.75. The normalized spacial score (nSPS) is 11.2. The molecule has 12 nitrogen and oxygen atoms in total. The summed E-state index contributed by atoms with van der Waals surface area (Å²) in [5.74, 6) is -3.51. The molecule has 0 unspecified atom stereocenters. The number of hydrogen-bond donors (Lipinski definition) is 6. The van der Waals surface area contributed by atoms with Gasteiger partial charge in [-0.3, -0.25) is 29.4 Å². The molecule has 0 heterocycles. The molecule has 0 bridgehead atoms. The maximum absolute atomic E-state index is 11.4. The lowest BCUT2D eigenvalue weighted by molar-refractivity contribution is -0.253. The fourth-order valence-electron chi connectivity index (χ4n) is 3.56. The number of carbonyl (C=O) groups is 3. The molecule has 0 aliphatic heterocycles. The van der Waals surface area contributed by atoms with E-state index >= 15 is 0 Å². The first-order valence-electron chi connectivity index (χ1n) is 10.5. The summed E-state index contributed by atoms with van der Waals surface area (Å²) in [5.41, 5.74) is 1.73. The first-order chi connectivity index (χ1) is 16.6. The van der Waals surface area contributed by atoms with Crippen molar-refractivity contribution in [2.45, 2.75) is 26.1 Å². The van der Waals surface area contributed by atoms with Crippen LogP contribution in [-0.2, 0) is 45.4 Å². The number of aliphatic carboxylic acids is 3. The molecule has 6 N–H and O–H groups in total. The summed E-state index contributed by atoms with van der Waals surface area (Å²) < 4.78 is 0. The van der Waals surface area contributed by atoms with Gasteiger partial charge in [0, 0.05) is 37.3 Å². The molecule has 0 aliphatic carbocycles. The fourth-order valence-corrected chi connectivity index (χ4v) is 3.56. The molecule has 0 radical (unpaired) electrons. The molecule has 0 saturated carbocycles. The molecule has 0 saturated heterocycles. The van der Waals surface area contributed by atoms with Gasteiger partial charge in [-0.2, -0.15) is 0 Å². The van der Waals surface area contributed by atoms with E-state index in [4.69, 9.17) is 10.4 Å². The van der Waals surface area contributed by atoms with E-state index in [1.807, 2.05) is 0 Å². The molecular formula is C23H28N2O10. The lowest BCUT2D eigenvalue weighted by atomic mass is 10.1. The Kier molecular flexibility index (Phi) is 10.4. The number of carboxylic acids is 3. The number of benzene rings is 2. The van der Waals surface area contributed by atoms with Crippen molar-refractivity contribution in [3.8, 4) is 11.5 Å². The van der Waals surface area contributed by atoms with E-state index in [9.17, 15) is 34.8 Å². The van der Waals surface area contributed by atoms with Crippen LogP contribution in [0.1, 0.15) is 22.3 Å². The van der Waals surface area contributed by atoms with E-state index in [1.54, 1.807) is 6.07 Å². The summed E-state index contributed by atoms with van der Waals surface area (Å²) in [6.07, 6.45) is -0.261. The van der Waals surface area contributed by atoms with E-state index in [1.165, 1.54) is 40.1 Å². The highest BCUT2D eigenvalue weighted by molar-refractivity contribution is 5.70. The number of phenols is 2. The van der Waals surface area contributed by atoms with Crippen LogP contribution < -0.4 is 0 Å². The molecule has 2 aromatic carbocycles. The number of carboxylic acid groups (broad SMARTS) is 3. The van der Waals surface area contributed by atoms with Gasteiger partial charge in [-0.25, -0.2) is 4.89 Å². The third-order valence-electron chi connectivity index (χ3n) is 5.11. The SMILES string of the molecule is O=C(O)Cc1ccc(O)c(CN(CCN(CC(=O)O)Cc2cc(COO)ccc2O)CC(=O)O)c1. The minimum atomic E-state index is -1.13. The Hall–Kier alpha value is -3.71. The maximum Gasteiger partial charge on any atom is 0.317 e. The van der Waals surface area contributed by atoms with Crippen molar-refractivity contribution in [3.63, 3.8) is 0 Å². The van der Waals surface area contributed by atoms with Crippen LogP contribution in [0.15, 0.2) is 36.4 Å². The molecule has 0 aromatic heterocycles. The second kappa shape index (κ2) is 13.2. The summed E-state index contributed by atoms with van der Waals surface area (Å²) in [6, 6.07) is 8.78. The van der Waals surface area contributed by atoms with Gasteiger partial charge >= 0.3 is 17.9 Å². The summed E-state index contributed by atoms with van der Waals surface area (Å²) >= 11 is 0. The van der Waals surface area contributed by atoms with Gasteiger partial charge in [-0.15, -0.1) is 0 Å². The Morgan fingerprint density at radius 2 is 1.17 bits per heavy atom. The second-order valence-electron chi connectivity index (χ2n) is 7.98. The van der Waals surface area contributed by atoms with E-state index < -0.39 is 24.5 Å². The highest BCUT2D eigenvalue weighted by Gasteiger charge is 2.18. The smallest absolute Gasteiger partial charge is 0.317 e. The summed E-state index contributed by atoms with van der Waals surface area (Å²) in [7, 11) is 0. The molecular weight excluding hydrogens is 464 g/mol. The molecule has 0 atom stereocenters. The van der Waals surface area contributed by atoms with Crippen LogP contribution in [0.4, 0.5) is 0 Å². The van der Waals surface area contributed by atoms with Crippen molar-refractivity contribution in [2.75, 3.05) is 26.2 Å². The Bertz CT molecular complexity index is 1040. The van der Waals surface area contributed by atoms with Crippen molar-refractivity contribution in [1.82, 2.24) is 9.80 Å². The minimum Gasteiger partial charge on any atom is -0.508 e. The third kappa shape index (κ3) is 9.59. The Balaban J connectivity index is 2.18. The van der Waals surface area contributed by atoms with E-state index in [2.05, 4.69) is 4.89 Å². The van der Waals surface area contributed by atoms with E-state index in [-0.39, 0.29) is 57.3 Å². The van der Waals surface area contributed by atoms with Gasteiger partial charge in [0.2, 0.25) is 0 Å². The lowest BCUT2D eigenvalue weighted by Gasteiger charge is -2.26. The second-order valence-corrected chi connectivity index (χ2v) is 7.98. The molecule has 0 amide bonds. The van der Waals surface area contributed by atoms with Gasteiger partial charge in [0.1, 0.15) is 18.1 Å². The predicted molar refractivity (Wildman–Crippen MR) is 121 cm³/mol. The van der Waals surface area contributed by atoms with Gasteiger partial charge in [0.25, 0.3) is 0 Å². The third-order valence-corrected chi connectivity index (χ3v) is 5.11. The van der Waals surface area contributed by atoms with Gasteiger partial charge in [-0.1, -0.05) is 18.2 Å². The largest absolute Gasteiger partial charge is 0.508 e. The lowest BCUT2D eigenvalue weighted by Crippen LogP contribution is -2.39. The van der Waals surface area contributed by atoms with Crippen LogP contribution in [0.3, 0.4) is 0 Å². The zero-order valence-electron chi connectivity index (χ0n) is 18.8. The van der Waals surface area contributed by atoms with Gasteiger partial charge < -0.3 is 25.5 Å². The number of hydrogen-bond acceptors (Lipinski definition) is 9. The average molecular weight is 492 g/mol. The van der Waals surface area contributed by atoms with Crippen molar-refractivity contribution in [3.05, 3.63) is 58.7 Å². The van der Waals surface area contributed by atoms with Crippen LogP contribution in [0.5, 0.6) is 11.5 Å². The van der Waals surface area contributed by atoms with Crippen molar-refractivity contribution < 1.29 is 50.1 Å². The molecule has 0 fully saturated rings. The van der Waals surface area contributed by atoms with Crippen LogP contribution in [0, 0.1) is 0 Å². The zero-order valence-corrected chi connectivity index (χ0v) is 18.8. The fraction of sp³-hybridized carbons (Fsp3) is 0.348. The summed E-state index contributed by atoms with van der Waals surface area (Å²) in [5, 5.41) is 56.6. The van der Waals surface area contributed by atoms with Gasteiger partial charge in [0.15, 0.2) is 0 Å². The number of phenolic OH excluding ortho intramolecular Hbond substituents is 2. The molecule has 0 spiro atoms. The highest BCUT2D eigenvalue weighted by atomic mass is 17.1. The molecule has 35 heavy (non-hydrogen) atoms. The first kappa shape index (κ1) is 27.5. The van der Waals surface area contributed by atoms with E-state index in [0.29, 0.717) is 22.3 Å². The van der Waals surface area contributed by atoms with Crippen LogP contribution in [-0.4, -0.2) is 84.7 Å². The maximum atomic E-state index is 11.4. The molecule has 0 aliphatic rings. The molecule has 2 aromatic rings. The molecule has 12 heteroatoms. The summed E-state index contributed by atoms with van der Waals surface area (Å²) in [6.45, 7) is -0.696. The van der Waals surface area contributed by atoms with E-state index in [0.717, 1.165) is 0 Å². The standard InChI is InChI=1S/C23H28N2O10/c26-19-3-1-15(9-21(28)29)7-17(19)10-24(12-22(30)31)5-6-25(13-23(32)33)11-18-8-16(14-35-34)2-4-20(18)27/h1-4,7-8,26-27,34H,5-6,9-14H2,(H,28,29)(H,30,31)(H,32,33).